The first-order valence-corrected chi connectivity index (χ1v) is 14.5. The molecule has 1 fully saturated rings. The minimum atomic E-state index is 0.0482. The van der Waals surface area contributed by atoms with Crippen molar-refractivity contribution in [2.75, 3.05) is 9.80 Å². The van der Waals surface area contributed by atoms with Crippen LogP contribution in [-0.2, 0) is 5.41 Å². The number of aryl methyl sites for hydroxylation is 1. The van der Waals surface area contributed by atoms with Gasteiger partial charge in [-0.25, -0.2) is 0 Å². The number of nitrogens with zero attached hydrogens (tertiary/aromatic N) is 2. The van der Waals surface area contributed by atoms with Gasteiger partial charge in [-0.3, -0.25) is 4.90 Å². The molecule has 0 amide bonds. The predicted octanol–water partition coefficient (Wildman–Crippen LogP) is 7.10. The third-order valence-electron chi connectivity index (χ3n) is 10.6. The van der Waals surface area contributed by atoms with E-state index < -0.39 is 0 Å². The topological polar surface area (TPSA) is 19.6 Å². The first-order chi connectivity index (χ1) is 19.0. The highest BCUT2D eigenvalue weighted by Crippen LogP contribution is 2.61. The number of anilines is 5. The van der Waals surface area contributed by atoms with E-state index in [0.717, 1.165) is 17.2 Å². The van der Waals surface area contributed by atoms with Gasteiger partial charge in [0, 0.05) is 39.0 Å². The molecule has 4 aliphatic rings. The lowest BCUT2D eigenvalue weighted by Gasteiger charge is -2.52. The lowest BCUT2D eigenvalue weighted by Crippen LogP contribution is -2.64. The molecule has 190 valence electrons. The third-order valence-corrected chi connectivity index (χ3v) is 10.6. The van der Waals surface area contributed by atoms with Crippen LogP contribution in [-0.4, -0.2) is 12.3 Å². The minimum Gasteiger partial charge on any atom is -0.440 e. The van der Waals surface area contributed by atoms with Crippen molar-refractivity contribution in [1.29, 1.82) is 0 Å². The predicted molar refractivity (Wildman–Crippen MR) is 163 cm³/mol. The molecule has 0 saturated heterocycles. The molecule has 2 atom stereocenters. The Morgan fingerprint density at radius 1 is 0.795 bits per heavy atom. The maximum atomic E-state index is 6.78. The van der Waals surface area contributed by atoms with Crippen LogP contribution < -0.4 is 26.2 Å². The van der Waals surface area contributed by atoms with Crippen LogP contribution in [0, 0.1) is 6.92 Å². The molecular formula is C35H31BN2O. The Labute approximate surface area is 230 Å². The number of furan rings is 1. The van der Waals surface area contributed by atoms with Crippen LogP contribution in [0.4, 0.5) is 28.6 Å². The van der Waals surface area contributed by atoms with Crippen molar-refractivity contribution >= 4 is 62.7 Å². The number of para-hydroxylation sites is 3. The molecule has 5 aromatic rings. The normalized spacial score (nSPS) is 23.9. The van der Waals surface area contributed by atoms with Crippen molar-refractivity contribution < 1.29 is 4.42 Å². The smallest absolute Gasteiger partial charge is 0.257 e. The summed E-state index contributed by atoms with van der Waals surface area (Å²) in [6.45, 7) is 7.47. The maximum Gasteiger partial charge on any atom is 0.257 e. The molecule has 4 aromatic carbocycles. The van der Waals surface area contributed by atoms with E-state index in [1.54, 1.807) is 0 Å². The van der Waals surface area contributed by atoms with Crippen molar-refractivity contribution in [2.24, 2.45) is 0 Å². The van der Waals surface area contributed by atoms with E-state index in [0.29, 0.717) is 0 Å². The fourth-order valence-corrected chi connectivity index (χ4v) is 8.72. The Morgan fingerprint density at radius 3 is 2.44 bits per heavy atom. The molecule has 9 rings (SSSR count). The summed E-state index contributed by atoms with van der Waals surface area (Å²) in [5, 5.41) is 1.22. The van der Waals surface area contributed by atoms with E-state index in [-0.39, 0.29) is 17.7 Å². The summed E-state index contributed by atoms with van der Waals surface area (Å²) in [5.74, 6) is 0.954. The number of fused-ring (bicyclic) bond motifs is 9. The van der Waals surface area contributed by atoms with Crippen molar-refractivity contribution in [3.63, 3.8) is 0 Å². The highest BCUT2D eigenvalue weighted by atomic mass is 16.4. The minimum absolute atomic E-state index is 0.0482. The van der Waals surface area contributed by atoms with Gasteiger partial charge in [0.2, 0.25) is 5.88 Å². The van der Waals surface area contributed by atoms with E-state index in [1.807, 2.05) is 0 Å². The van der Waals surface area contributed by atoms with E-state index in [1.165, 1.54) is 75.6 Å². The SMILES string of the molecule is Cc1cc2c3c(c1)N1c4c(cccc4C4(C)CCCCC14C)B3c1c(oc3ccccc13)N2c1ccccc1. The van der Waals surface area contributed by atoms with Gasteiger partial charge >= 0.3 is 0 Å². The Morgan fingerprint density at radius 2 is 1.56 bits per heavy atom. The van der Waals surface area contributed by atoms with Crippen molar-refractivity contribution in [3.8, 4) is 0 Å². The quantitative estimate of drug-likeness (QED) is 0.222. The second-order valence-electron chi connectivity index (χ2n) is 12.5. The molecular weight excluding hydrogens is 475 g/mol. The Balaban J connectivity index is 1.45. The van der Waals surface area contributed by atoms with Gasteiger partial charge in [-0.15, -0.1) is 0 Å². The zero-order chi connectivity index (χ0) is 26.1. The molecule has 39 heavy (non-hydrogen) atoms. The summed E-state index contributed by atoms with van der Waals surface area (Å²) < 4.78 is 6.78. The summed E-state index contributed by atoms with van der Waals surface area (Å²) in [7, 11) is 0. The standard InChI is InChI=1S/C35H31BN2O/c1-22-20-27-31-28(21-22)38-32-25(34(2)18-9-10-19-35(34,38)3)15-11-16-26(32)36(31)30-24-14-7-8-17-29(24)39-33(30)37(27)23-12-5-4-6-13-23/h4-8,11-17,20-21H,9-10,18-19H2,1-3H3. The van der Waals surface area contributed by atoms with Gasteiger partial charge in [0.05, 0.1) is 5.54 Å². The number of hydrogen-bond acceptors (Lipinski definition) is 3. The van der Waals surface area contributed by atoms with Crippen LogP contribution in [0.2, 0.25) is 0 Å². The number of benzene rings is 4. The molecule has 0 N–H and O–H groups in total. The molecule has 3 nitrogen and oxygen atoms in total. The van der Waals surface area contributed by atoms with E-state index in [9.17, 15) is 0 Å². The Kier molecular flexibility index (Phi) is 4.04. The van der Waals surface area contributed by atoms with Crippen molar-refractivity contribution in [3.05, 3.63) is 96.1 Å². The second kappa shape index (κ2) is 7.18. The van der Waals surface area contributed by atoms with Crippen LogP contribution in [0.3, 0.4) is 0 Å². The zero-order valence-electron chi connectivity index (χ0n) is 22.8. The molecule has 1 aliphatic carbocycles. The highest BCUT2D eigenvalue weighted by molar-refractivity contribution is 7.01. The molecule has 1 saturated carbocycles. The second-order valence-corrected chi connectivity index (χ2v) is 12.5. The number of hydrogen-bond donors (Lipinski definition) is 0. The van der Waals surface area contributed by atoms with Crippen LogP contribution in [0.15, 0.2) is 89.3 Å². The molecule has 2 unspecified atom stereocenters. The molecule has 0 spiro atoms. The first kappa shape index (κ1) is 22.0. The average molecular weight is 506 g/mol. The molecule has 3 aliphatic heterocycles. The summed E-state index contributed by atoms with van der Waals surface area (Å²) in [5.41, 5.74) is 13.3. The monoisotopic (exact) mass is 506 g/mol. The summed E-state index contributed by atoms with van der Waals surface area (Å²) in [6.07, 6.45) is 5.05. The van der Waals surface area contributed by atoms with Gasteiger partial charge in [-0.05, 0) is 79.1 Å². The van der Waals surface area contributed by atoms with Gasteiger partial charge in [0.15, 0.2) is 0 Å². The van der Waals surface area contributed by atoms with Crippen molar-refractivity contribution in [2.45, 2.75) is 57.4 Å². The maximum absolute atomic E-state index is 6.78. The molecule has 0 bridgehead atoms. The first-order valence-electron chi connectivity index (χ1n) is 14.5. The van der Waals surface area contributed by atoms with Crippen LogP contribution >= 0.6 is 0 Å². The summed E-state index contributed by atoms with van der Waals surface area (Å²) >= 11 is 0. The highest BCUT2D eigenvalue weighted by Gasteiger charge is 2.61. The third kappa shape index (κ3) is 2.47. The van der Waals surface area contributed by atoms with E-state index in [2.05, 4.69) is 116 Å². The average Bonchev–Trinajstić information content (AvgIpc) is 3.43. The molecule has 4 heteroatoms. The summed E-state index contributed by atoms with van der Waals surface area (Å²) in [6, 6.07) is 31.4. The zero-order valence-corrected chi connectivity index (χ0v) is 22.8. The molecule has 1 aromatic heterocycles. The molecule has 4 heterocycles. The lowest BCUT2D eigenvalue weighted by molar-refractivity contribution is 0.195. The van der Waals surface area contributed by atoms with E-state index >= 15 is 0 Å². The van der Waals surface area contributed by atoms with Gasteiger partial charge in [-0.1, -0.05) is 74.4 Å². The molecule has 0 radical (unpaired) electrons. The van der Waals surface area contributed by atoms with Gasteiger partial charge in [0.25, 0.3) is 6.71 Å². The van der Waals surface area contributed by atoms with Crippen LogP contribution in [0.5, 0.6) is 0 Å². The Bertz CT molecular complexity index is 1840. The van der Waals surface area contributed by atoms with Crippen molar-refractivity contribution in [1.82, 2.24) is 0 Å². The lowest BCUT2D eigenvalue weighted by atomic mass is 9.33. The van der Waals surface area contributed by atoms with Gasteiger partial charge < -0.3 is 9.32 Å². The largest absolute Gasteiger partial charge is 0.440 e. The van der Waals surface area contributed by atoms with Crippen LogP contribution in [0.1, 0.15) is 50.7 Å². The van der Waals surface area contributed by atoms with Gasteiger partial charge in [0.1, 0.15) is 5.58 Å². The summed E-state index contributed by atoms with van der Waals surface area (Å²) in [4.78, 5) is 5.17. The van der Waals surface area contributed by atoms with Gasteiger partial charge in [-0.2, -0.15) is 0 Å². The van der Waals surface area contributed by atoms with Crippen LogP contribution in [0.25, 0.3) is 11.0 Å². The number of rotatable bonds is 1. The van der Waals surface area contributed by atoms with E-state index in [4.69, 9.17) is 4.42 Å². The fourth-order valence-electron chi connectivity index (χ4n) is 8.72. The Hall–Kier alpha value is -3.92. The fraction of sp³-hybridized carbons (Fsp3) is 0.257.